The molecule has 1 amide bonds. The van der Waals surface area contributed by atoms with Crippen LogP contribution in [0.4, 0.5) is 5.69 Å². The van der Waals surface area contributed by atoms with Gasteiger partial charge < -0.3 is 14.8 Å². The van der Waals surface area contributed by atoms with Crippen LogP contribution in [0, 0.1) is 0 Å². The Labute approximate surface area is 168 Å². The monoisotopic (exact) mass is 384 g/mol. The first kappa shape index (κ1) is 21.8. The Balaban J connectivity index is 1.96. The van der Waals surface area contributed by atoms with Crippen molar-refractivity contribution in [1.29, 1.82) is 0 Å². The molecule has 0 saturated carbocycles. The minimum atomic E-state index is -0.0166. The molecule has 0 unspecified atom stereocenters. The van der Waals surface area contributed by atoms with Gasteiger partial charge in [-0.05, 0) is 54.8 Å². The fraction of sp³-hybridized carbons (Fsp3) is 0.435. The van der Waals surface area contributed by atoms with Crippen molar-refractivity contribution < 1.29 is 14.3 Å². The van der Waals surface area contributed by atoms with E-state index in [0.717, 1.165) is 23.5 Å². The molecule has 0 bridgehead atoms. The summed E-state index contributed by atoms with van der Waals surface area (Å²) in [6.07, 6.45) is 0. The molecule has 0 atom stereocenters. The van der Waals surface area contributed by atoms with Crippen molar-refractivity contribution in [3.63, 3.8) is 0 Å². The van der Waals surface area contributed by atoms with E-state index in [1.54, 1.807) is 7.11 Å². The summed E-state index contributed by atoms with van der Waals surface area (Å²) in [5, 5.41) is 2.98. The Morgan fingerprint density at radius 1 is 1.07 bits per heavy atom. The van der Waals surface area contributed by atoms with E-state index in [0.29, 0.717) is 31.4 Å². The van der Waals surface area contributed by atoms with Crippen molar-refractivity contribution >= 4 is 11.6 Å². The number of likely N-dealkylation sites (N-methyl/N-ethyl adjacent to an activating group) is 1. The van der Waals surface area contributed by atoms with Crippen molar-refractivity contribution in [3.05, 3.63) is 53.6 Å². The SMILES string of the molecule is CCOc1ccc(CN(CC)CC(=O)Nc2ccc(C(C)C)cc2)cc1OC. The van der Waals surface area contributed by atoms with E-state index < -0.39 is 0 Å². The lowest BCUT2D eigenvalue weighted by atomic mass is 10.0. The van der Waals surface area contributed by atoms with Gasteiger partial charge in [-0.1, -0.05) is 39.0 Å². The predicted octanol–water partition coefficient (Wildman–Crippen LogP) is 4.68. The average Bonchev–Trinajstić information content (AvgIpc) is 2.69. The van der Waals surface area contributed by atoms with Crippen LogP contribution in [0.15, 0.2) is 42.5 Å². The summed E-state index contributed by atoms with van der Waals surface area (Å²) in [6, 6.07) is 13.9. The number of hydrogen-bond donors (Lipinski definition) is 1. The molecule has 2 aromatic carbocycles. The molecule has 2 aromatic rings. The third-order valence-corrected chi connectivity index (χ3v) is 4.61. The highest BCUT2D eigenvalue weighted by Gasteiger charge is 2.12. The molecule has 0 saturated heterocycles. The number of benzene rings is 2. The molecular formula is C23H32N2O3. The Hall–Kier alpha value is -2.53. The maximum absolute atomic E-state index is 12.5. The van der Waals surface area contributed by atoms with Gasteiger partial charge in [0.15, 0.2) is 11.5 Å². The quantitative estimate of drug-likeness (QED) is 0.646. The molecule has 5 nitrogen and oxygen atoms in total. The number of nitrogens with zero attached hydrogens (tertiary/aromatic N) is 1. The Bertz CT molecular complexity index is 757. The molecule has 152 valence electrons. The smallest absolute Gasteiger partial charge is 0.238 e. The van der Waals surface area contributed by atoms with Crippen molar-refractivity contribution in [3.8, 4) is 11.5 Å². The van der Waals surface area contributed by atoms with Gasteiger partial charge in [0, 0.05) is 12.2 Å². The van der Waals surface area contributed by atoms with Crippen LogP contribution in [0.25, 0.3) is 0 Å². The predicted molar refractivity (Wildman–Crippen MR) is 114 cm³/mol. The topological polar surface area (TPSA) is 50.8 Å². The van der Waals surface area contributed by atoms with Gasteiger partial charge in [-0.25, -0.2) is 0 Å². The lowest BCUT2D eigenvalue weighted by molar-refractivity contribution is -0.117. The second-order valence-electron chi connectivity index (χ2n) is 7.05. The van der Waals surface area contributed by atoms with Gasteiger partial charge in [-0.15, -0.1) is 0 Å². The third kappa shape index (κ3) is 6.27. The molecule has 5 heteroatoms. The fourth-order valence-electron chi connectivity index (χ4n) is 2.98. The summed E-state index contributed by atoms with van der Waals surface area (Å²) in [5.74, 6) is 1.91. The van der Waals surface area contributed by atoms with E-state index in [1.807, 2.05) is 37.3 Å². The van der Waals surface area contributed by atoms with Crippen molar-refractivity contribution in [2.45, 2.75) is 40.2 Å². The maximum Gasteiger partial charge on any atom is 0.238 e. The summed E-state index contributed by atoms with van der Waals surface area (Å²) < 4.78 is 11.0. The number of methoxy groups -OCH3 is 1. The van der Waals surface area contributed by atoms with Crippen LogP contribution in [-0.4, -0.2) is 37.6 Å². The first-order valence-corrected chi connectivity index (χ1v) is 9.88. The number of ether oxygens (including phenoxy) is 2. The number of carbonyl (C=O) groups excluding carboxylic acids is 1. The zero-order valence-electron chi connectivity index (χ0n) is 17.6. The number of carbonyl (C=O) groups is 1. The highest BCUT2D eigenvalue weighted by molar-refractivity contribution is 5.92. The van der Waals surface area contributed by atoms with Gasteiger partial charge >= 0.3 is 0 Å². The lowest BCUT2D eigenvalue weighted by Gasteiger charge is -2.21. The molecule has 0 aliphatic heterocycles. The van der Waals surface area contributed by atoms with Crippen LogP contribution in [0.2, 0.25) is 0 Å². The molecule has 0 aromatic heterocycles. The van der Waals surface area contributed by atoms with E-state index in [4.69, 9.17) is 9.47 Å². The van der Waals surface area contributed by atoms with Gasteiger partial charge in [0.2, 0.25) is 5.91 Å². The molecule has 28 heavy (non-hydrogen) atoms. The molecule has 0 spiro atoms. The lowest BCUT2D eigenvalue weighted by Crippen LogP contribution is -2.32. The van der Waals surface area contributed by atoms with E-state index in [1.165, 1.54) is 5.56 Å². The van der Waals surface area contributed by atoms with Gasteiger partial charge in [0.1, 0.15) is 0 Å². The molecule has 0 radical (unpaired) electrons. The standard InChI is InChI=1S/C23H32N2O3/c1-6-25(15-18-8-13-21(28-7-2)22(14-18)27-5)16-23(26)24-20-11-9-19(10-12-20)17(3)4/h8-14,17H,6-7,15-16H2,1-5H3,(H,24,26). The van der Waals surface area contributed by atoms with Crippen LogP contribution in [0.3, 0.4) is 0 Å². The summed E-state index contributed by atoms with van der Waals surface area (Å²) in [5.41, 5.74) is 3.17. The number of amides is 1. The molecule has 0 aliphatic carbocycles. The summed E-state index contributed by atoms with van der Waals surface area (Å²) >= 11 is 0. The Morgan fingerprint density at radius 3 is 2.36 bits per heavy atom. The van der Waals surface area contributed by atoms with Gasteiger partial charge in [-0.3, -0.25) is 9.69 Å². The fourth-order valence-corrected chi connectivity index (χ4v) is 2.98. The second-order valence-corrected chi connectivity index (χ2v) is 7.05. The Kier molecular flexibility index (Phi) is 8.33. The molecular weight excluding hydrogens is 352 g/mol. The molecule has 1 N–H and O–H groups in total. The second kappa shape index (κ2) is 10.7. The molecule has 0 heterocycles. The zero-order valence-corrected chi connectivity index (χ0v) is 17.6. The normalized spacial score (nSPS) is 11.0. The molecule has 0 aliphatic rings. The van der Waals surface area contributed by atoms with Crippen LogP contribution in [-0.2, 0) is 11.3 Å². The number of nitrogens with one attached hydrogen (secondary N) is 1. The average molecular weight is 385 g/mol. The van der Waals surface area contributed by atoms with Crippen LogP contribution >= 0.6 is 0 Å². The first-order valence-electron chi connectivity index (χ1n) is 9.88. The van der Waals surface area contributed by atoms with E-state index in [9.17, 15) is 4.79 Å². The maximum atomic E-state index is 12.5. The molecule has 0 fully saturated rings. The largest absolute Gasteiger partial charge is 0.493 e. The van der Waals surface area contributed by atoms with E-state index in [-0.39, 0.29) is 5.91 Å². The number of rotatable bonds is 10. The Morgan fingerprint density at radius 2 is 1.79 bits per heavy atom. The first-order chi connectivity index (χ1) is 13.5. The van der Waals surface area contributed by atoms with Gasteiger partial charge in [0.05, 0.1) is 20.3 Å². The number of hydrogen-bond acceptors (Lipinski definition) is 4. The summed E-state index contributed by atoms with van der Waals surface area (Å²) in [6.45, 7) is 10.7. The number of anilines is 1. The zero-order chi connectivity index (χ0) is 20.5. The van der Waals surface area contributed by atoms with Gasteiger partial charge in [-0.2, -0.15) is 0 Å². The van der Waals surface area contributed by atoms with Crippen LogP contribution in [0.1, 0.15) is 44.7 Å². The highest BCUT2D eigenvalue weighted by atomic mass is 16.5. The summed E-state index contributed by atoms with van der Waals surface area (Å²) in [7, 11) is 1.64. The third-order valence-electron chi connectivity index (χ3n) is 4.61. The van der Waals surface area contributed by atoms with Crippen molar-refractivity contribution in [1.82, 2.24) is 4.90 Å². The van der Waals surface area contributed by atoms with E-state index >= 15 is 0 Å². The van der Waals surface area contributed by atoms with Crippen LogP contribution < -0.4 is 14.8 Å². The van der Waals surface area contributed by atoms with Crippen LogP contribution in [0.5, 0.6) is 11.5 Å². The van der Waals surface area contributed by atoms with Crippen molar-refractivity contribution in [2.24, 2.45) is 0 Å². The molecule has 2 rings (SSSR count). The van der Waals surface area contributed by atoms with E-state index in [2.05, 4.69) is 43.1 Å². The van der Waals surface area contributed by atoms with Gasteiger partial charge in [0.25, 0.3) is 0 Å². The highest BCUT2D eigenvalue weighted by Crippen LogP contribution is 2.28. The minimum absolute atomic E-state index is 0.0166. The minimum Gasteiger partial charge on any atom is -0.493 e. The summed E-state index contributed by atoms with van der Waals surface area (Å²) in [4.78, 5) is 14.5. The van der Waals surface area contributed by atoms with Crippen molar-refractivity contribution in [2.75, 3.05) is 32.1 Å².